The van der Waals surface area contributed by atoms with E-state index < -0.39 is 58.8 Å². The number of piperidine rings is 1. The van der Waals surface area contributed by atoms with Crippen molar-refractivity contribution in [3.8, 4) is 0 Å². The lowest BCUT2D eigenvalue weighted by atomic mass is 9.88. The van der Waals surface area contributed by atoms with Crippen molar-refractivity contribution >= 4 is 29.3 Å². The highest BCUT2D eigenvalue weighted by atomic mass is 19.4. The van der Waals surface area contributed by atoms with Gasteiger partial charge in [-0.05, 0) is 74.2 Å². The van der Waals surface area contributed by atoms with E-state index in [9.17, 15) is 36.7 Å². The van der Waals surface area contributed by atoms with Crippen LogP contribution in [0.15, 0.2) is 91.4 Å². The lowest BCUT2D eigenvalue weighted by Crippen LogP contribution is -2.56. The van der Waals surface area contributed by atoms with Gasteiger partial charge in [-0.15, -0.1) is 0 Å². The molecular formula is C38H40F4N6O5. The molecule has 1 fully saturated rings. The number of alkyl halides is 3. The molecular weight excluding hydrogens is 696 g/mol. The molecule has 15 heteroatoms. The number of ether oxygens (including phenoxy) is 1. The van der Waals surface area contributed by atoms with Crippen LogP contribution in [0.2, 0.25) is 0 Å². The molecule has 11 nitrogen and oxygen atoms in total. The quantitative estimate of drug-likeness (QED) is 0.127. The topological polar surface area (TPSA) is 149 Å². The molecule has 53 heavy (non-hydrogen) atoms. The number of likely N-dealkylation sites (tertiary alicyclic amines) is 1. The van der Waals surface area contributed by atoms with E-state index in [1.54, 1.807) is 0 Å². The van der Waals surface area contributed by atoms with Crippen molar-refractivity contribution < 1.29 is 41.5 Å². The Morgan fingerprint density at radius 1 is 0.943 bits per heavy atom. The fraction of sp³-hybridized carbons (Fsp3) is 0.342. The standard InChI is InChI=1S/C38H40F4N6O5/c1-37(2,43)36(52)45-30(22-53-21-24-6-4-3-5-7-24)34(50)46-31-20-48(23-44-31)32(25-8-12-28(13-9-25)38(40,41)42)35(51)47-18-16-27(17-19-47)33(49)26-10-14-29(39)15-11-26/h3-15,20,23,27,30,32H,16-19,21-22,43H2,1-2H3,(H,45,52)(H,46,50)/t30-,32?/m1/s1. The van der Waals surface area contributed by atoms with Gasteiger partial charge in [-0.2, -0.15) is 13.2 Å². The molecule has 0 radical (unpaired) electrons. The number of Topliss-reactive ketones (excluding diaryl/α,β-unsaturated/α-hetero) is 1. The molecule has 3 amide bonds. The molecule has 2 heterocycles. The number of anilines is 1. The number of halogens is 4. The average molecular weight is 737 g/mol. The van der Waals surface area contributed by atoms with Crippen molar-refractivity contribution in [2.24, 2.45) is 11.7 Å². The molecule has 2 atom stereocenters. The van der Waals surface area contributed by atoms with Gasteiger partial charge in [-0.25, -0.2) is 9.37 Å². The van der Waals surface area contributed by atoms with Gasteiger partial charge in [0.1, 0.15) is 17.9 Å². The average Bonchev–Trinajstić information content (AvgIpc) is 3.58. The number of hydrogen-bond acceptors (Lipinski definition) is 7. The smallest absolute Gasteiger partial charge is 0.374 e. The van der Waals surface area contributed by atoms with Crippen LogP contribution in [0.25, 0.3) is 0 Å². The van der Waals surface area contributed by atoms with Gasteiger partial charge in [0.25, 0.3) is 5.91 Å². The van der Waals surface area contributed by atoms with Crippen molar-refractivity contribution in [2.45, 2.75) is 57.1 Å². The van der Waals surface area contributed by atoms with Crippen LogP contribution >= 0.6 is 0 Å². The Labute approximate surface area is 303 Å². The molecule has 1 aliphatic rings. The zero-order valence-corrected chi connectivity index (χ0v) is 29.1. The molecule has 0 aliphatic carbocycles. The zero-order valence-electron chi connectivity index (χ0n) is 29.1. The second kappa shape index (κ2) is 16.5. The van der Waals surface area contributed by atoms with Crippen LogP contribution < -0.4 is 16.4 Å². The van der Waals surface area contributed by atoms with Crippen LogP contribution in [0.5, 0.6) is 0 Å². The maximum atomic E-state index is 14.1. The summed E-state index contributed by atoms with van der Waals surface area (Å²) in [5.74, 6) is -2.79. The summed E-state index contributed by atoms with van der Waals surface area (Å²) >= 11 is 0. The van der Waals surface area contributed by atoms with Crippen LogP contribution in [-0.2, 0) is 31.9 Å². The lowest BCUT2D eigenvalue weighted by Gasteiger charge is -2.34. The van der Waals surface area contributed by atoms with Crippen molar-refractivity contribution in [2.75, 3.05) is 25.0 Å². The molecule has 3 aromatic carbocycles. The molecule has 1 aliphatic heterocycles. The van der Waals surface area contributed by atoms with Gasteiger partial charge in [0.05, 0.1) is 30.6 Å². The second-order valence-electron chi connectivity index (χ2n) is 13.4. The molecule has 0 spiro atoms. The van der Waals surface area contributed by atoms with Gasteiger partial charge in [0.15, 0.2) is 11.6 Å². The Hall–Kier alpha value is -5.41. The highest BCUT2D eigenvalue weighted by Crippen LogP contribution is 2.32. The van der Waals surface area contributed by atoms with Crippen LogP contribution in [0.1, 0.15) is 59.8 Å². The first-order valence-electron chi connectivity index (χ1n) is 16.9. The fourth-order valence-electron chi connectivity index (χ4n) is 5.83. The third-order valence-corrected chi connectivity index (χ3v) is 8.85. The number of nitrogens with zero attached hydrogens (tertiary/aromatic N) is 3. The summed E-state index contributed by atoms with van der Waals surface area (Å²) in [5.41, 5.74) is 5.18. The Kier molecular flexibility index (Phi) is 12.1. The van der Waals surface area contributed by atoms with Gasteiger partial charge in [0, 0.05) is 30.8 Å². The third-order valence-electron chi connectivity index (χ3n) is 8.85. The Balaban J connectivity index is 1.33. The largest absolute Gasteiger partial charge is 0.416 e. The molecule has 1 saturated heterocycles. The summed E-state index contributed by atoms with van der Waals surface area (Å²) < 4.78 is 60.7. The molecule has 1 unspecified atom stereocenters. The summed E-state index contributed by atoms with van der Waals surface area (Å²) in [6, 6.07) is 16.2. The highest BCUT2D eigenvalue weighted by Gasteiger charge is 2.35. The van der Waals surface area contributed by atoms with E-state index in [0.717, 1.165) is 17.7 Å². The summed E-state index contributed by atoms with van der Waals surface area (Å²) in [6.07, 6.45) is -1.32. The zero-order chi connectivity index (χ0) is 38.3. The summed E-state index contributed by atoms with van der Waals surface area (Å²) in [7, 11) is 0. The fourth-order valence-corrected chi connectivity index (χ4v) is 5.83. The van der Waals surface area contributed by atoms with Crippen molar-refractivity contribution in [3.05, 3.63) is 119 Å². The molecule has 5 rings (SSSR count). The minimum absolute atomic E-state index is 0.00219. The minimum Gasteiger partial charge on any atom is -0.374 e. The van der Waals surface area contributed by atoms with Crippen LogP contribution in [0.3, 0.4) is 0 Å². The van der Waals surface area contributed by atoms with Crippen molar-refractivity contribution in [1.29, 1.82) is 0 Å². The molecule has 280 valence electrons. The van der Waals surface area contributed by atoms with E-state index in [0.29, 0.717) is 18.4 Å². The maximum absolute atomic E-state index is 14.1. The monoisotopic (exact) mass is 736 g/mol. The number of nitrogens with one attached hydrogen (secondary N) is 2. The van der Waals surface area contributed by atoms with Gasteiger partial charge in [-0.3, -0.25) is 19.2 Å². The number of nitrogens with two attached hydrogens (primary N) is 1. The first kappa shape index (κ1) is 38.8. The lowest BCUT2D eigenvalue weighted by molar-refractivity contribution is -0.137. The van der Waals surface area contributed by atoms with Crippen molar-refractivity contribution in [3.63, 3.8) is 0 Å². The predicted octanol–water partition coefficient (Wildman–Crippen LogP) is 5.13. The van der Waals surface area contributed by atoms with E-state index in [4.69, 9.17) is 10.5 Å². The number of imidazole rings is 1. The molecule has 1 aromatic heterocycles. The minimum atomic E-state index is -4.60. The molecule has 0 saturated carbocycles. The number of aromatic nitrogens is 2. The number of ketones is 1. The highest BCUT2D eigenvalue weighted by molar-refractivity contribution is 5.99. The van der Waals surface area contributed by atoms with E-state index in [-0.39, 0.29) is 43.5 Å². The molecule has 4 N–H and O–H groups in total. The van der Waals surface area contributed by atoms with Crippen LogP contribution in [0.4, 0.5) is 23.4 Å². The van der Waals surface area contributed by atoms with Gasteiger partial charge < -0.3 is 30.6 Å². The van der Waals surface area contributed by atoms with Gasteiger partial charge >= 0.3 is 6.18 Å². The number of amides is 3. The summed E-state index contributed by atoms with van der Waals surface area (Å²) in [5, 5.41) is 5.21. The number of carbonyl (C=O) groups excluding carboxylic acids is 4. The Morgan fingerprint density at radius 2 is 1.58 bits per heavy atom. The molecule has 4 aromatic rings. The molecule has 0 bridgehead atoms. The predicted molar refractivity (Wildman–Crippen MR) is 187 cm³/mol. The van der Waals surface area contributed by atoms with Gasteiger partial charge in [0.2, 0.25) is 11.8 Å². The normalized spacial score (nSPS) is 15.0. The van der Waals surface area contributed by atoms with Crippen molar-refractivity contribution in [1.82, 2.24) is 19.8 Å². The summed E-state index contributed by atoms with van der Waals surface area (Å²) in [4.78, 5) is 59.1. The van der Waals surface area contributed by atoms with Crippen LogP contribution in [-0.4, -0.2) is 69.2 Å². The third kappa shape index (κ3) is 10.1. The van der Waals surface area contributed by atoms with E-state index in [1.165, 1.54) is 72.2 Å². The SMILES string of the molecule is CC(C)(N)C(=O)N[C@H](COCc1ccccc1)C(=O)Nc1cn(C(C(=O)N2CCC(C(=O)c3ccc(F)cc3)CC2)c2ccc(C(F)(F)F)cc2)cn1. The number of rotatable bonds is 13. The second-order valence-corrected chi connectivity index (χ2v) is 13.4. The number of benzene rings is 3. The van der Waals surface area contributed by atoms with E-state index in [1.807, 2.05) is 30.3 Å². The number of carbonyl (C=O) groups is 4. The Bertz CT molecular complexity index is 1890. The summed E-state index contributed by atoms with van der Waals surface area (Å²) in [6.45, 7) is 3.29. The van der Waals surface area contributed by atoms with Gasteiger partial charge in [-0.1, -0.05) is 42.5 Å². The first-order chi connectivity index (χ1) is 25.1. The first-order valence-corrected chi connectivity index (χ1v) is 16.9. The van der Waals surface area contributed by atoms with E-state index >= 15 is 0 Å². The Morgan fingerprint density at radius 3 is 2.19 bits per heavy atom. The van der Waals surface area contributed by atoms with Crippen LogP contribution in [0, 0.1) is 11.7 Å². The maximum Gasteiger partial charge on any atom is 0.416 e. The number of hydrogen-bond donors (Lipinski definition) is 3. The van der Waals surface area contributed by atoms with E-state index in [2.05, 4.69) is 15.6 Å².